The van der Waals surface area contributed by atoms with Crippen LogP contribution in [0.1, 0.15) is 27.2 Å². The standard InChI is InChI=1S/C9H14O4/c1-9(2,3)13-8(11)6-4-7(10)12-5-6/h6H,4-5H2,1-3H3/t6-/m0/s1. The number of carbonyl (C=O) groups is 2. The second-order valence-electron chi connectivity index (χ2n) is 4.12. The zero-order chi connectivity index (χ0) is 10.1. The van der Waals surface area contributed by atoms with Crippen LogP contribution in [0.3, 0.4) is 0 Å². The summed E-state index contributed by atoms with van der Waals surface area (Å²) in [6, 6.07) is 0. The summed E-state index contributed by atoms with van der Waals surface area (Å²) in [5.74, 6) is -1.08. The summed E-state index contributed by atoms with van der Waals surface area (Å²) < 4.78 is 9.76. The molecule has 1 aliphatic heterocycles. The van der Waals surface area contributed by atoms with E-state index >= 15 is 0 Å². The van der Waals surface area contributed by atoms with E-state index in [9.17, 15) is 9.59 Å². The fourth-order valence-corrected chi connectivity index (χ4v) is 1.05. The van der Waals surface area contributed by atoms with Gasteiger partial charge >= 0.3 is 11.9 Å². The highest BCUT2D eigenvalue weighted by Crippen LogP contribution is 2.18. The van der Waals surface area contributed by atoms with Crippen molar-refractivity contribution in [2.45, 2.75) is 32.8 Å². The Balaban J connectivity index is 2.45. The number of esters is 2. The van der Waals surface area contributed by atoms with Crippen molar-refractivity contribution in [3.8, 4) is 0 Å². The van der Waals surface area contributed by atoms with Crippen molar-refractivity contribution >= 4 is 11.9 Å². The molecule has 4 heteroatoms. The first-order valence-electron chi connectivity index (χ1n) is 4.27. The van der Waals surface area contributed by atoms with E-state index in [1.807, 2.05) is 0 Å². The quantitative estimate of drug-likeness (QED) is 0.571. The molecule has 0 aromatic heterocycles. The van der Waals surface area contributed by atoms with Crippen LogP contribution in [0.4, 0.5) is 0 Å². The monoisotopic (exact) mass is 186 g/mol. The van der Waals surface area contributed by atoms with E-state index < -0.39 is 11.5 Å². The van der Waals surface area contributed by atoms with Gasteiger partial charge in [0, 0.05) is 0 Å². The summed E-state index contributed by atoms with van der Waals surface area (Å²) in [5.41, 5.74) is -0.497. The Morgan fingerprint density at radius 1 is 1.54 bits per heavy atom. The lowest BCUT2D eigenvalue weighted by molar-refractivity contribution is -0.159. The molecule has 0 aromatic carbocycles. The first-order valence-corrected chi connectivity index (χ1v) is 4.27. The zero-order valence-corrected chi connectivity index (χ0v) is 8.12. The van der Waals surface area contributed by atoms with Crippen LogP contribution < -0.4 is 0 Å². The van der Waals surface area contributed by atoms with Gasteiger partial charge in [0.15, 0.2) is 0 Å². The van der Waals surface area contributed by atoms with E-state index in [0.717, 1.165) is 0 Å². The van der Waals surface area contributed by atoms with E-state index in [2.05, 4.69) is 4.74 Å². The van der Waals surface area contributed by atoms with Gasteiger partial charge in [-0.25, -0.2) is 0 Å². The summed E-state index contributed by atoms with van der Waals surface area (Å²) in [6.07, 6.45) is 0.148. The normalized spacial score (nSPS) is 22.7. The molecule has 1 rings (SSSR count). The third-order valence-electron chi connectivity index (χ3n) is 1.60. The third-order valence-corrected chi connectivity index (χ3v) is 1.60. The van der Waals surface area contributed by atoms with E-state index in [1.54, 1.807) is 20.8 Å². The van der Waals surface area contributed by atoms with Crippen LogP contribution in [-0.4, -0.2) is 24.1 Å². The third kappa shape index (κ3) is 3.05. The summed E-state index contributed by atoms with van der Waals surface area (Å²) >= 11 is 0. The second kappa shape index (κ2) is 3.36. The van der Waals surface area contributed by atoms with Gasteiger partial charge in [-0.2, -0.15) is 0 Å². The molecule has 0 unspecified atom stereocenters. The molecule has 0 spiro atoms. The largest absolute Gasteiger partial charge is 0.465 e. The van der Waals surface area contributed by atoms with Crippen LogP contribution in [0, 0.1) is 5.92 Å². The Morgan fingerprint density at radius 2 is 2.15 bits per heavy atom. The molecule has 1 atom stereocenters. The number of hydrogen-bond acceptors (Lipinski definition) is 4. The topological polar surface area (TPSA) is 52.6 Å². The summed E-state index contributed by atoms with van der Waals surface area (Å²) in [6.45, 7) is 5.54. The van der Waals surface area contributed by atoms with Crippen LogP contribution in [0.25, 0.3) is 0 Å². The molecule has 0 N–H and O–H groups in total. The van der Waals surface area contributed by atoms with Gasteiger partial charge in [-0.05, 0) is 20.8 Å². The van der Waals surface area contributed by atoms with Gasteiger partial charge < -0.3 is 9.47 Å². The maximum absolute atomic E-state index is 11.4. The molecular formula is C9H14O4. The molecule has 0 amide bonds. The molecule has 0 radical (unpaired) electrons. The van der Waals surface area contributed by atoms with Crippen LogP contribution >= 0.6 is 0 Å². The average molecular weight is 186 g/mol. The smallest absolute Gasteiger partial charge is 0.313 e. The van der Waals surface area contributed by atoms with Gasteiger partial charge in [0.1, 0.15) is 18.1 Å². The first-order chi connectivity index (χ1) is 5.88. The number of ether oxygens (including phenoxy) is 2. The number of rotatable bonds is 1. The van der Waals surface area contributed by atoms with Crippen molar-refractivity contribution in [1.82, 2.24) is 0 Å². The van der Waals surface area contributed by atoms with Crippen molar-refractivity contribution in [3.05, 3.63) is 0 Å². The number of cyclic esters (lactones) is 1. The van der Waals surface area contributed by atoms with Crippen LogP contribution in [0.5, 0.6) is 0 Å². The lowest BCUT2D eigenvalue weighted by Gasteiger charge is -2.20. The summed E-state index contributed by atoms with van der Waals surface area (Å²) in [5, 5.41) is 0. The van der Waals surface area contributed by atoms with Gasteiger partial charge in [0.05, 0.1) is 6.42 Å². The maximum atomic E-state index is 11.4. The average Bonchev–Trinajstić information content (AvgIpc) is 2.31. The predicted octanol–water partition coefficient (Wildman–Crippen LogP) is 0.891. The minimum Gasteiger partial charge on any atom is -0.465 e. The van der Waals surface area contributed by atoms with E-state index in [4.69, 9.17) is 4.74 Å². The fourth-order valence-electron chi connectivity index (χ4n) is 1.05. The minimum absolute atomic E-state index is 0.148. The molecule has 1 fully saturated rings. The maximum Gasteiger partial charge on any atom is 0.313 e. The summed E-state index contributed by atoms with van der Waals surface area (Å²) in [7, 11) is 0. The van der Waals surface area contributed by atoms with E-state index in [0.29, 0.717) is 0 Å². The molecular weight excluding hydrogens is 172 g/mol. The molecule has 0 aliphatic carbocycles. The van der Waals surface area contributed by atoms with Crippen molar-refractivity contribution < 1.29 is 19.1 Å². The molecule has 4 nitrogen and oxygen atoms in total. The highest BCUT2D eigenvalue weighted by atomic mass is 16.6. The van der Waals surface area contributed by atoms with Crippen molar-refractivity contribution in [3.63, 3.8) is 0 Å². The highest BCUT2D eigenvalue weighted by molar-refractivity contribution is 5.82. The van der Waals surface area contributed by atoms with Gasteiger partial charge in [0.2, 0.25) is 0 Å². The van der Waals surface area contributed by atoms with Crippen molar-refractivity contribution in [2.75, 3.05) is 6.61 Å². The zero-order valence-electron chi connectivity index (χ0n) is 8.12. The molecule has 13 heavy (non-hydrogen) atoms. The highest BCUT2D eigenvalue weighted by Gasteiger charge is 2.33. The lowest BCUT2D eigenvalue weighted by atomic mass is 10.1. The second-order valence-corrected chi connectivity index (χ2v) is 4.12. The Labute approximate surface area is 77.2 Å². The summed E-state index contributed by atoms with van der Waals surface area (Å²) in [4.78, 5) is 22.0. The molecule has 1 saturated heterocycles. The van der Waals surface area contributed by atoms with Crippen LogP contribution in [0.2, 0.25) is 0 Å². The van der Waals surface area contributed by atoms with Crippen molar-refractivity contribution in [2.24, 2.45) is 5.92 Å². The Bertz CT molecular complexity index is 226. The predicted molar refractivity (Wildman–Crippen MR) is 44.9 cm³/mol. The van der Waals surface area contributed by atoms with Gasteiger partial charge in [-0.15, -0.1) is 0 Å². The minimum atomic E-state index is -0.497. The molecule has 0 bridgehead atoms. The molecule has 0 saturated carbocycles. The Morgan fingerprint density at radius 3 is 2.54 bits per heavy atom. The van der Waals surface area contributed by atoms with Crippen LogP contribution in [0.15, 0.2) is 0 Å². The van der Waals surface area contributed by atoms with E-state index in [1.165, 1.54) is 0 Å². The molecule has 1 heterocycles. The SMILES string of the molecule is CC(C)(C)OC(=O)[C@@H]1COC(=O)C1. The number of carbonyl (C=O) groups excluding carboxylic acids is 2. The van der Waals surface area contributed by atoms with Gasteiger partial charge in [-0.3, -0.25) is 9.59 Å². The van der Waals surface area contributed by atoms with Gasteiger partial charge in [0.25, 0.3) is 0 Å². The lowest BCUT2D eigenvalue weighted by Crippen LogP contribution is -2.28. The molecule has 74 valence electrons. The van der Waals surface area contributed by atoms with Crippen LogP contribution in [-0.2, 0) is 19.1 Å². The first kappa shape index (κ1) is 10.0. The van der Waals surface area contributed by atoms with E-state index in [-0.39, 0.29) is 25.0 Å². The number of hydrogen-bond donors (Lipinski definition) is 0. The van der Waals surface area contributed by atoms with Crippen molar-refractivity contribution in [1.29, 1.82) is 0 Å². The molecule has 0 aromatic rings. The van der Waals surface area contributed by atoms with Gasteiger partial charge in [-0.1, -0.05) is 0 Å². The Hall–Kier alpha value is -1.06. The Kier molecular flexibility index (Phi) is 2.59. The molecule has 1 aliphatic rings. The fraction of sp³-hybridized carbons (Fsp3) is 0.778.